The molecule has 0 aliphatic heterocycles. The van der Waals surface area contributed by atoms with Crippen LogP contribution in [0.2, 0.25) is 20.1 Å². The van der Waals surface area contributed by atoms with Gasteiger partial charge in [-0.15, -0.1) is 0 Å². The molecule has 3 aromatic rings. The van der Waals surface area contributed by atoms with Crippen LogP contribution in [0.4, 0.5) is 5.69 Å². The van der Waals surface area contributed by atoms with Gasteiger partial charge in [-0.3, -0.25) is 13.9 Å². The summed E-state index contributed by atoms with van der Waals surface area (Å²) in [7, 11) is -4.31. The topological polar surface area (TPSA) is 86.8 Å². The average molecular weight is 686 g/mol. The molecule has 1 saturated carbocycles. The first-order valence-corrected chi connectivity index (χ1v) is 16.9. The quantitative estimate of drug-likeness (QED) is 0.238. The fourth-order valence-corrected chi connectivity index (χ4v) is 7.41. The lowest BCUT2D eigenvalue weighted by atomic mass is 9.95. The number of sulfonamides is 1. The number of rotatable bonds is 10. The van der Waals surface area contributed by atoms with Crippen molar-refractivity contribution in [1.29, 1.82) is 0 Å². The van der Waals surface area contributed by atoms with Crippen LogP contribution in [0, 0.1) is 6.92 Å². The summed E-state index contributed by atoms with van der Waals surface area (Å²) in [6.07, 6.45) is 4.87. The molecule has 0 radical (unpaired) electrons. The number of nitrogens with one attached hydrogen (secondary N) is 1. The Balaban J connectivity index is 1.74. The molecule has 43 heavy (non-hydrogen) atoms. The van der Waals surface area contributed by atoms with Gasteiger partial charge in [-0.1, -0.05) is 89.4 Å². The Bertz CT molecular complexity index is 1560. The van der Waals surface area contributed by atoms with E-state index in [0.717, 1.165) is 42.0 Å². The highest BCUT2D eigenvalue weighted by atomic mass is 35.5. The summed E-state index contributed by atoms with van der Waals surface area (Å²) >= 11 is 25.6. The van der Waals surface area contributed by atoms with E-state index >= 15 is 0 Å². The Morgan fingerprint density at radius 2 is 1.53 bits per heavy atom. The summed E-state index contributed by atoms with van der Waals surface area (Å²) in [6, 6.07) is 14.6. The van der Waals surface area contributed by atoms with Gasteiger partial charge in [0.2, 0.25) is 11.8 Å². The number of amides is 2. The molecule has 7 nitrogen and oxygen atoms in total. The van der Waals surface area contributed by atoms with Crippen molar-refractivity contribution in [2.24, 2.45) is 0 Å². The third-order valence-electron chi connectivity index (χ3n) is 7.57. The molecular formula is C31H33Cl4N3O4S. The summed E-state index contributed by atoms with van der Waals surface area (Å²) in [5.74, 6) is -1.01. The Morgan fingerprint density at radius 1 is 0.907 bits per heavy atom. The molecule has 0 bridgehead atoms. The standard InChI is InChI=1S/C31H33Cl4N3O4S/c1-20-11-14-24(15-12-20)43(41,42)38(29-17-22(32)13-16-28(29)35)19-30(39)37(18-25-26(33)9-6-10-27(25)34)21(2)31(40)36-23-7-4-3-5-8-23/h6,9-17,21,23H,3-5,7-8,18-19H2,1-2H3,(H,36,40). The van der Waals surface area contributed by atoms with Crippen molar-refractivity contribution in [3.05, 3.63) is 91.9 Å². The number of benzene rings is 3. The van der Waals surface area contributed by atoms with Gasteiger partial charge < -0.3 is 10.2 Å². The van der Waals surface area contributed by atoms with Crippen LogP contribution in [0.5, 0.6) is 0 Å². The molecule has 3 aromatic carbocycles. The Morgan fingerprint density at radius 3 is 2.16 bits per heavy atom. The van der Waals surface area contributed by atoms with Crippen molar-refractivity contribution < 1.29 is 18.0 Å². The van der Waals surface area contributed by atoms with Crippen LogP contribution in [0.3, 0.4) is 0 Å². The van der Waals surface area contributed by atoms with Gasteiger partial charge in [-0.2, -0.15) is 0 Å². The zero-order chi connectivity index (χ0) is 31.3. The minimum atomic E-state index is -4.31. The summed E-state index contributed by atoms with van der Waals surface area (Å²) in [6.45, 7) is 2.65. The SMILES string of the molecule is Cc1ccc(S(=O)(=O)N(CC(=O)N(Cc2c(Cl)cccc2Cl)C(C)C(=O)NC2CCCCC2)c2cc(Cl)ccc2Cl)cc1. The lowest BCUT2D eigenvalue weighted by Crippen LogP contribution is -2.53. The van der Waals surface area contributed by atoms with E-state index in [0.29, 0.717) is 15.6 Å². The molecule has 1 fully saturated rings. The molecule has 4 rings (SSSR count). The van der Waals surface area contributed by atoms with Gasteiger partial charge >= 0.3 is 0 Å². The molecule has 2 amide bonds. The average Bonchev–Trinajstić information content (AvgIpc) is 2.97. The number of anilines is 1. The van der Waals surface area contributed by atoms with Gasteiger partial charge in [-0.05, 0) is 69.2 Å². The lowest BCUT2D eigenvalue weighted by molar-refractivity contribution is -0.139. The molecule has 0 aromatic heterocycles. The van der Waals surface area contributed by atoms with Gasteiger partial charge in [0.25, 0.3) is 10.0 Å². The Kier molecular flexibility index (Phi) is 11.3. The fourth-order valence-electron chi connectivity index (χ4n) is 5.03. The summed E-state index contributed by atoms with van der Waals surface area (Å²) < 4.78 is 29.0. The Hall–Kier alpha value is -2.49. The fraction of sp³-hybridized carbons (Fsp3) is 0.355. The second-order valence-corrected chi connectivity index (χ2v) is 14.2. The van der Waals surface area contributed by atoms with E-state index in [-0.39, 0.29) is 39.1 Å². The van der Waals surface area contributed by atoms with Gasteiger partial charge in [0.15, 0.2) is 0 Å². The predicted molar refractivity (Wildman–Crippen MR) is 174 cm³/mol. The zero-order valence-corrected chi connectivity index (χ0v) is 27.7. The molecule has 1 unspecified atom stereocenters. The number of halogens is 4. The monoisotopic (exact) mass is 683 g/mol. The highest BCUT2D eigenvalue weighted by Gasteiger charge is 2.34. The maximum absolute atomic E-state index is 14.2. The van der Waals surface area contributed by atoms with Gasteiger partial charge in [0.1, 0.15) is 12.6 Å². The molecule has 1 aliphatic carbocycles. The number of carbonyl (C=O) groups excluding carboxylic acids is 2. The minimum absolute atomic E-state index is 0.00762. The third-order valence-corrected chi connectivity index (χ3v) is 10.6. The maximum Gasteiger partial charge on any atom is 0.264 e. The minimum Gasteiger partial charge on any atom is -0.352 e. The second-order valence-electron chi connectivity index (χ2n) is 10.7. The normalized spacial score (nSPS) is 14.7. The predicted octanol–water partition coefficient (Wildman–Crippen LogP) is 7.67. The number of hydrogen-bond acceptors (Lipinski definition) is 4. The van der Waals surface area contributed by atoms with Crippen LogP contribution in [-0.4, -0.2) is 43.8 Å². The van der Waals surface area contributed by atoms with Crippen molar-refractivity contribution in [2.45, 2.75) is 69.5 Å². The highest BCUT2D eigenvalue weighted by molar-refractivity contribution is 7.92. The molecule has 0 spiro atoms. The van der Waals surface area contributed by atoms with Crippen molar-refractivity contribution in [3.63, 3.8) is 0 Å². The van der Waals surface area contributed by atoms with Crippen molar-refractivity contribution in [3.8, 4) is 0 Å². The van der Waals surface area contributed by atoms with Gasteiger partial charge in [0, 0.05) is 33.2 Å². The van der Waals surface area contributed by atoms with Crippen LogP contribution in [0.25, 0.3) is 0 Å². The summed E-state index contributed by atoms with van der Waals surface area (Å²) in [5.41, 5.74) is 1.33. The summed E-state index contributed by atoms with van der Waals surface area (Å²) in [4.78, 5) is 28.9. The van der Waals surface area contributed by atoms with Crippen molar-refractivity contribution in [1.82, 2.24) is 10.2 Å². The molecular weight excluding hydrogens is 652 g/mol. The maximum atomic E-state index is 14.2. The number of carbonyl (C=O) groups is 2. The smallest absolute Gasteiger partial charge is 0.264 e. The molecule has 1 N–H and O–H groups in total. The van der Waals surface area contributed by atoms with E-state index in [2.05, 4.69) is 5.32 Å². The largest absolute Gasteiger partial charge is 0.352 e. The number of nitrogens with zero attached hydrogens (tertiary/aromatic N) is 2. The van der Waals surface area contributed by atoms with Crippen LogP contribution >= 0.6 is 46.4 Å². The van der Waals surface area contributed by atoms with Gasteiger partial charge in [0.05, 0.1) is 15.6 Å². The van der Waals surface area contributed by atoms with Crippen molar-refractivity contribution in [2.75, 3.05) is 10.8 Å². The first-order valence-electron chi connectivity index (χ1n) is 14.0. The first-order chi connectivity index (χ1) is 20.4. The highest BCUT2D eigenvalue weighted by Crippen LogP contribution is 2.34. The molecule has 0 saturated heterocycles. The second kappa shape index (κ2) is 14.5. The van der Waals surface area contributed by atoms with Gasteiger partial charge in [-0.25, -0.2) is 8.42 Å². The van der Waals surface area contributed by atoms with Crippen LogP contribution < -0.4 is 9.62 Å². The van der Waals surface area contributed by atoms with E-state index in [9.17, 15) is 18.0 Å². The van der Waals surface area contributed by atoms with E-state index in [4.69, 9.17) is 46.4 Å². The number of hydrogen-bond donors (Lipinski definition) is 1. The molecule has 230 valence electrons. The van der Waals surface area contributed by atoms with E-state index in [1.807, 2.05) is 6.92 Å². The van der Waals surface area contributed by atoms with Crippen LogP contribution in [0.15, 0.2) is 65.6 Å². The summed E-state index contributed by atoms with van der Waals surface area (Å²) in [5, 5.41) is 4.00. The number of aryl methyl sites for hydroxylation is 1. The molecule has 12 heteroatoms. The third kappa shape index (κ3) is 8.17. The van der Waals surface area contributed by atoms with E-state index < -0.39 is 28.5 Å². The molecule has 1 aliphatic rings. The van der Waals surface area contributed by atoms with Crippen molar-refractivity contribution >= 4 is 73.9 Å². The lowest BCUT2D eigenvalue weighted by Gasteiger charge is -2.33. The first kappa shape index (κ1) is 33.4. The van der Waals surface area contributed by atoms with E-state index in [1.165, 1.54) is 35.2 Å². The Labute approximate surface area is 273 Å². The van der Waals surface area contributed by atoms with Crippen LogP contribution in [0.1, 0.15) is 50.2 Å². The zero-order valence-electron chi connectivity index (χ0n) is 23.8. The molecule has 1 atom stereocenters. The molecule has 0 heterocycles. The van der Waals surface area contributed by atoms with E-state index in [1.54, 1.807) is 37.3 Å². The van der Waals surface area contributed by atoms with Crippen LogP contribution in [-0.2, 0) is 26.2 Å².